The van der Waals surface area contributed by atoms with E-state index in [0.29, 0.717) is 23.6 Å². The molecule has 0 spiro atoms. The number of hydrogen-bond acceptors (Lipinski definition) is 2. The van der Waals surface area contributed by atoms with Crippen LogP contribution < -0.4 is 0 Å². The van der Waals surface area contributed by atoms with Crippen molar-refractivity contribution in [3.63, 3.8) is 0 Å². The molecule has 1 aromatic rings. The zero-order valence-electron chi connectivity index (χ0n) is 10.6. The molecule has 0 N–H and O–H groups in total. The van der Waals surface area contributed by atoms with E-state index in [1.165, 1.54) is 0 Å². The summed E-state index contributed by atoms with van der Waals surface area (Å²) < 4.78 is 0. The average molecular weight is 230 g/mol. The van der Waals surface area contributed by atoms with Crippen LogP contribution >= 0.6 is 0 Å². The second kappa shape index (κ2) is 6.05. The maximum absolute atomic E-state index is 12.2. The van der Waals surface area contributed by atoms with Crippen molar-refractivity contribution < 1.29 is 4.79 Å². The summed E-state index contributed by atoms with van der Waals surface area (Å²) in [5, 5.41) is 8.70. The molecule has 0 radical (unpaired) electrons. The second-order valence-electron chi connectivity index (χ2n) is 4.43. The van der Waals surface area contributed by atoms with Gasteiger partial charge < -0.3 is 4.90 Å². The van der Waals surface area contributed by atoms with E-state index in [4.69, 9.17) is 5.26 Å². The van der Waals surface area contributed by atoms with Gasteiger partial charge in [-0.3, -0.25) is 4.79 Å². The summed E-state index contributed by atoms with van der Waals surface area (Å²) >= 11 is 0. The fourth-order valence-corrected chi connectivity index (χ4v) is 1.67. The molecule has 0 fully saturated rings. The summed E-state index contributed by atoms with van der Waals surface area (Å²) in [7, 11) is 0. The molecular weight excluding hydrogens is 212 g/mol. The van der Waals surface area contributed by atoms with Crippen LogP contribution in [0.15, 0.2) is 24.3 Å². The lowest BCUT2D eigenvalue weighted by atomic mass is 10.1. The monoisotopic (exact) mass is 230 g/mol. The van der Waals surface area contributed by atoms with E-state index >= 15 is 0 Å². The SMILES string of the molecule is CCN(CC(C)C)C(=O)c1ccc(C#N)cc1. The summed E-state index contributed by atoms with van der Waals surface area (Å²) in [5.74, 6) is 0.489. The third-order valence-corrected chi connectivity index (χ3v) is 2.52. The van der Waals surface area contributed by atoms with Gasteiger partial charge in [-0.1, -0.05) is 13.8 Å². The maximum Gasteiger partial charge on any atom is 0.253 e. The number of nitrogens with zero attached hydrogens (tertiary/aromatic N) is 2. The second-order valence-corrected chi connectivity index (χ2v) is 4.43. The molecule has 0 bridgehead atoms. The van der Waals surface area contributed by atoms with Gasteiger partial charge in [0.15, 0.2) is 0 Å². The molecule has 0 aliphatic rings. The van der Waals surface area contributed by atoms with Gasteiger partial charge in [0.1, 0.15) is 0 Å². The third-order valence-electron chi connectivity index (χ3n) is 2.52. The van der Waals surface area contributed by atoms with Crippen LogP contribution in [0.1, 0.15) is 36.7 Å². The highest BCUT2D eigenvalue weighted by atomic mass is 16.2. The Balaban J connectivity index is 2.83. The molecule has 0 heterocycles. The highest BCUT2D eigenvalue weighted by Crippen LogP contribution is 2.09. The van der Waals surface area contributed by atoms with E-state index in [2.05, 4.69) is 13.8 Å². The van der Waals surface area contributed by atoms with E-state index in [0.717, 1.165) is 6.54 Å². The first-order valence-electron chi connectivity index (χ1n) is 5.88. The molecule has 0 unspecified atom stereocenters. The van der Waals surface area contributed by atoms with Gasteiger partial charge in [0.2, 0.25) is 0 Å². The van der Waals surface area contributed by atoms with Crippen molar-refractivity contribution in [2.45, 2.75) is 20.8 Å². The zero-order chi connectivity index (χ0) is 12.8. The van der Waals surface area contributed by atoms with Gasteiger partial charge in [0, 0.05) is 18.7 Å². The Labute approximate surface area is 103 Å². The summed E-state index contributed by atoms with van der Waals surface area (Å²) in [4.78, 5) is 14.0. The molecule has 0 saturated heterocycles. The topological polar surface area (TPSA) is 44.1 Å². The smallest absolute Gasteiger partial charge is 0.253 e. The van der Waals surface area contributed by atoms with Gasteiger partial charge in [0.25, 0.3) is 5.91 Å². The number of carbonyl (C=O) groups is 1. The van der Waals surface area contributed by atoms with Crippen molar-refractivity contribution in [3.8, 4) is 6.07 Å². The predicted octanol–water partition coefficient (Wildman–Crippen LogP) is 2.68. The van der Waals surface area contributed by atoms with Crippen molar-refractivity contribution >= 4 is 5.91 Å². The fraction of sp³-hybridized carbons (Fsp3) is 0.429. The molecule has 17 heavy (non-hydrogen) atoms. The van der Waals surface area contributed by atoms with Crippen LogP contribution in [0, 0.1) is 17.2 Å². The lowest BCUT2D eigenvalue weighted by molar-refractivity contribution is 0.0746. The number of rotatable bonds is 4. The molecule has 1 amide bonds. The Morgan fingerprint density at radius 1 is 1.35 bits per heavy atom. The van der Waals surface area contributed by atoms with E-state index in [9.17, 15) is 4.79 Å². The van der Waals surface area contributed by atoms with Crippen LogP contribution in [0.25, 0.3) is 0 Å². The molecule has 90 valence electrons. The summed E-state index contributed by atoms with van der Waals surface area (Å²) in [5.41, 5.74) is 1.22. The summed E-state index contributed by atoms with van der Waals surface area (Å²) in [6.45, 7) is 7.62. The van der Waals surface area contributed by atoms with Crippen molar-refractivity contribution in [2.24, 2.45) is 5.92 Å². The molecule has 0 saturated carbocycles. The minimum atomic E-state index is 0.0330. The fourth-order valence-electron chi connectivity index (χ4n) is 1.67. The lowest BCUT2D eigenvalue weighted by Crippen LogP contribution is -2.33. The summed E-state index contributed by atoms with van der Waals surface area (Å²) in [6, 6.07) is 8.82. The highest BCUT2D eigenvalue weighted by Gasteiger charge is 2.14. The first kappa shape index (κ1) is 13.2. The molecule has 0 atom stereocenters. The Hall–Kier alpha value is -1.82. The standard InChI is InChI=1S/C14H18N2O/c1-4-16(10-11(2)3)14(17)13-7-5-12(9-15)6-8-13/h5-8,11H,4,10H2,1-3H3. The molecule has 0 aliphatic carbocycles. The van der Waals surface area contributed by atoms with Gasteiger partial charge in [0.05, 0.1) is 11.6 Å². The number of amides is 1. The van der Waals surface area contributed by atoms with E-state index < -0.39 is 0 Å². The van der Waals surface area contributed by atoms with Gasteiger partial charge in [-0.2, -0.15) is 5.26 Å². The van der Waals surface area contributed by atoms with E-state index in [-0.39, 0.29) is 5.91 Å². The van der Waals surface area contributed by atoms with Crippen molar-refractivity contribution in [1.29, 1.82) is 5.26 Å². The summed E-state index contributed by atoms with van der Waals surface area (Å²) in [6.07, 6.45) is 0. The van der Waals surface area contributed by atoms with Gasteiger partial charge in [-0.05, 0) is 37.1 Å². The van der Waals surface area contributed by atoms with Gasteiger partial charge in [-0.15, -0.1) is 0 Å². The number of benzene rings is 1. The molecule has 0 aromatic heterocycles. The van der Waals surface area contributed by atoms with Crippen LogP contribution in [-0.2, 0) is 0 Å². The Morgan fingerprint density at radius 2 is 1.94 bits per heavy atom. The van der Waals surface area contributed by atoms with Crippen LogP contribution in [0.2, 0.25) is 0 Å². The number of hydrogen-bond donors (Lipinski definition) is 0. The third kappa shape index (κ3) is 3.60. The van der Waals surface area contributed by atoms with Crippen LogP contribution in [0.5, 0.6) is 0 Å². The average Bonchev–Trinajstić information content (AvgIpc) is 2.35. The minimum absolute atomic E-state index is 0.0330. The van der Waals surface area contributed by atoms with Crippen LogP contribution in [0.3, 0.4) is 0 Å². The van der Waals surface area contributed by atoms with Crippen molar-refractivity contribution in [1.82, 2.24) is 4.90 Å². The molecule has 1 rings (SSSR count). The molecule has 3 heteroatoms. The Bertz CT molecular complexity index is 415. The first-order chi connectivity index (χ1) is 8.08. The first-order valence-corrected chi connectivity index (χ1v) is 5.88. The number of nitriles is 1. The zero-order valence-corrected chi connectivity index (χ0v) is 10.6. The lowest BCUT2D eigenvalue weighted by Gasteiger charge is -2.22. The van der Waals surface area contributed by atoms with Crippen molar-refractivity contribution in [3.05, 3.63) is 35.4 Å². The largest absolute Gasteiger partial charge is 0.339 e. The Morgan fingerprint density at radius 3 is 2.35 bits per heavy atom. The molecule has 1 aromatic carbocycles. The Kier molecular flexibility index (Phi) is 4.71. The predicted molar refractivity (Wildman–Crippen MR) is 67.6 cm³/mol. The molecule has 3 nitrogen and oxygen atoms in total. The minimum Gasteiger partial charge on any atom is -0.339 e. The van der Waals surface area contributed by atoms with Gasteiger partial charge >= 0.3 is 0 Å². The van der Waals surface area contributed by atoms with E-state index in [1.807, 2.05) is 17.9 Å². The van der Waals surface area contributed by atoms with Crippen LogP contribution in [-0.4, -0.2) is 23.9 Å². The normalized spacial score (nSPS) is 10.1. The van der Waals surface area contributed by atoms with E-state index in [1.54, 1.807) is 24.3 Å². The van der Waals surface area contributed by atoms with Crippen molar-refractivity contribution in [2.75, 3.05) is 13.1 Å². The highest BCUT2D eigenvalue weighted by molar-refractivity contribution is 5.94. The molecule has 0 aliphatic heterocycles. The van der Waals surface area contributed by atoms with Crippen LogP contribution in [0.4, 0.5) is 0 Å². The number of carbonyl (C=O) groups excluding carboxylic acids is 1. The quantitative estimate of drug-likeness (QED) is 0.798. The molecular formula is C14H18N2O. The maximum atomic E-state index is 12.2. The van der Waals surface area contributed by atoms with Gasteiger partial charge in [-0.25, -0.2) is 0 Å².